The van der Waals surface area contributed by atoms with Crippen LogP contribution < -0.4 is 5.73 Å². The molecule has 1 aliphatic rings. The van der Waals surface area contributed by atoms with E-state index in [0.29, 0.717) is 6.54 Å². The van der Waals surface area contributed by atoms with E-state index in [1.165, 1.54) is 4.90 Å². The number of carbonyl (C=O) groups is 2. The minimum absolute atomic E-state index is 0.0827. The first kappa shape index (κ1) is 13.9. The Labute approximate surface area is 101 Å². The van der Waals surface area contributed by atoms with Gasteiger partial charge in [-0.2, -0.15) is 0 Å². The van der Waals surface area contributed by atoms with Gasteiger partial charge in [0, 0.05) is 26.6 Å². The normalized spacial score (nSPS) is 21.2. The zero-order valence-corrected chi connectivity index (χ0v) is 10.1. The Bertz CT molecular complexity index is 277. The number of rotatable bonds is 6. The summed E-state index contributed by atoms with van der Waals surface area (Å²) in [7, 11) is 1.67. The fraction of sp³-hybridized carbons (Fsp3) is 0.818. The molecule has 0 bridgehead atoms. The van der Waals surface area contributed by atoms with Crippen molar-refractivity contribution in [3.63, 3.8) is 0 Å². The number of nitrogens with zero attached hydrogens (tertiary/aromatic N) is 1. The number of nitrogens with two attached hydrogens (primary N) is 1. The second-order valence-electron chi connectivity index (χ2n) is 4.39. The third kappa shape index (κ3) is 4.70. The maximum Gasteiger partial charge on any atom is 0.303 e. The molecule has 3 N–H and O–H groups in total. The Kier molecular flexibility index (Phi) is 5.37. The molecule has 1 aliphatic heterocycles. The molecule has 0 aromatic rings. The first-order valence-corrected chi connectivity index (χ1v) is 5.84. The van der Waals surface area contributed by atoms with E-state index in [2.05, 4.69) is 0 Å². The lowest BCUT2D eigenvalue weighted by Gasteiger charge is -2.23. The maximum absolute atomic E-state index is 11.8. The zero-order valence-electron chi connectivity index (χ0n) is 10.1. The van der Waals surface area contributed by atoms with Crippen molar-refractivity contribution in [3.05, 3.63) is 0 Å². The van der Waals surface area contributed by atoms with Crippen LogP contribution in [0, 0.1) is 0 Å². The van der Waals surface area contributed by atoms with Crippen molar-refractivity contribution in [1.82, 2.24) is 4.90 Å². The smallest absolute Gasteiger partial charge is 0.303 e. The van der Waals surface area contributed by atoms with Crippen LogP contribution in [0.25, 0.3) is 0 Å². The standard InChI is InChI=1S/C11H20N2O4/c1-13(7-8-3-2-6-17-8)11(16)9(12)4-5-10(14)15/h8-9H,2-7,12H2,1H3,(H,14,15). The lowest BCUT2D eigenvalue weighted by Crippen LogP contribution is -2.44. The second kappa shape index (κ2) is 6.56. The van der Waals surface area contributed by atoms with Gasteiger partial charge in [-0.15, -0.1) is 0 Å². The molecule has 1 amide bonds. The van der Waals surface area contributed by atoms with Crippen molar-refractivity contribution >= 4 is 11.9 Å². The lowest BCUT2D eigenvalue weighted by molar-refractivity contribution is -0.137. The summed E-state index contributed by atoms with van der Waals surface area (Å²) in [6.07, 6.45) is 2.17. The summed E-state index contributed by atoms with van der Waals surface area (Å²) in [5, 5.41) is 8.51. The van der Waals surface area contributed by atoms with Crippen molar-refractivity contribution in [2.45, 2.75) is 37.8 Å². The Balaban J connectivity index is 2.31. The highest BCUT2D eigenvalue weighted by Gasteiger charge is 2.23. The molecule has 0 saturated carbocycles. The van der Waals surface area contributed by atoms with Crippen LogP contribution in [0.5, 0.6) is 0 Å². The zero-order chi connectivity index (χ0) is 12.8. The SMILES string of the molecule is CN(CC1CCCO1)C(=O)C(N)CCC(=O)O. The summed E-state index contributed by atoms with van der Waals surface area (Å²) in [4.78, 5) is 23.7. The molecule has 1 fully saturated rings. The van der Waals surface area contributed by atoms with E-state index < -0.39 is 12.0 Å². The van der Waals surface area contributed by atoms with E-state index in [-0.39, 0.29) is 24.9 Å². The summed E-state index contributed by atoms with van der Waals surface area (Å²) in [6, 6.07) is -0.738. The number of carboxylic acids is 1. The van der Waals surface area contributed by atoms with Gasteiger partial charge in [-0.05, 0) is 19.3 Å². The number of hydrogen-bond acceptors (Lipinski definition) is 4. The van der Waals surface area contributed by atoms with Crippen molar-refractivity contribution in [1.29, 1.82) is 0 Å². The fourth-order valence-electron chi connectivity index (χ4n) is 1.87. The van der Waals surface area contributed by atoms with Crippen LogP contribution in [0.4, 0.5) is 0 Å². The first-order chi connectivity index (χ1) is 8.00. The molecule has 2 atom stereocenters. The Morgan fingerprint density at radius 1 is 1.59 bits per heavy atom. The Morgan fingerprint density at radius 3 is 2.82 bits per heavy atom. The molecule has 0 aliphatic carbocycles. The van der Waals surface area contributed by atoms with Gasteiger partial charge in [-0.25, -0.2) is 0 Å². The van der Waals surface area contributed by atoms with Crippen molar-refractivity contribution in [2.24, 2.45) is 5.73 Å². The minimum Gasteiger partial charge on any atom is -0.481 e. The predicted octanol–water partition coefficient (Wildman–Crippen LogP) is -0.184. The molecule has 98 valence electrons. The van der Waals surface area contributed by atoms with E-state index in [9.17, 15) is 9.59 Å². The number of amides is 1. The summed E-state index contributed by atoms with van der Waals surface area (Å²) >= 11 is 0. The second-order valence-corrected chi connectivity index (χ2v) is 4.39. The van der Waals surface area contributed by atoms with Crippen LogP contribution >= 0.6 is 0 Å². The van der Waals surface area contributed by atoms with Gasteiger partial charge in [0.1, 0.15) is 0 Å². The maximum atomic E-state index is 11.8. The topological polar surface area (TPSA) is 92.9 Å². The van der Waals surface area contributed by atoms with Crippen LogP contribution in [0.15, 0.2) is 0 Å². The highest BCUT2D eigenvalue weighted by atomic mass is 16.5. The number of likely N-dealkylation sites (N-methyl/N-ethyl adjacent to an activating group) is 1. The molecule has 1 saturated heterocycles. The Hall–Kier alpha value is -1.14. The molecule has 0 aromatic heterocycles. The van der Waals surface area contributed by atoms with Crippen LogP contribution in [0.2, 0.25) is 0 Å². The van der Waals surface area contributed by atoms with Gasteiger partial charge in [0.15, 0.2) is 0 Å². The van der Waals surface area contributed by atoms with E-state index in [1.54, 1.807) is 7.05 Å². The van der Waals surface area contributed by atoms with E-state index >= 15 is 0 Å². The van der Waals surface area contributed by atoms with Gasteiger partial charge in [0.25, 0.3) is 0 Å². The van der Waals surface area contributed by atoms with E-state index in [0.717, 1.165) is 19.4 Å². The van der Waals surface area contributed by atoms with Crippen molar-refractivity contribution in [3.8, 4) is 0 Å². The van der Waals surface area contributed by atoms with Crippen LogP contribution in [0.3, 0.4) is 0 Å². The lowest BCUT2D eigenvalue weighted by atomic mass is 10.1. The Morgan fingerprint density at radius 2 is 2.29 bits per heavy atom. The summed E-state index contributed by atoms with van der Waals surface area (Å²) in [6.45, 7) is 1.28. The fourth-order valence-corrected chi connectivity index (χ4v) is 1.87. The molecule has 0 aromatic carbocycles. The summed E-state index contributed by atoms with van der Waals surface area (Å²) in [5.41, 5.74) is 5.65. The molecule has 2 unspecified atom stereocenters. The minimum atomic E-state index is -0.935. The molecule has 0 spiro atoms. The third-order valence-corrected chi connectivity index (χ3v) is 2.86. The summed E-state index contributed by atoms with van der Waals surface area (Å²) < 4.78 is 5.42. The van der Waals surface area contributed by atoms with Crippen LogP contribution in [-0.2, 0) is 14.3 Å². The highest BCUT2D eigenvalue weighted by molar-refractivity contribution is 5.82. The van der Waals surface area contributed by atoms with E-state index in [4.69, 9.17) is 15.6 Å². The largest absolute Gasteiger partial charge is 0.481 e. The third-order valence-electron chi connectivity index (χ3n) is 2.86. The van der Waals surface area contributed by atoms with E-state index in [1.807, 2.05) is 0 Å². The number of carbonyl (C=O) groups excluding carboxylic acids is 1. The summed E-state index contributed by atoms with van der Waals surface area (Å²) in [5.74, 6) is -1.16. The number of ether oxygens (including phenoxy) is 1. The quantitative estimate of drug-likeness (QED) is 0.676. The predicted molar refractivity (Wildman–Crippen MR) is 61.5 cm³/mol. The number of aliphatic carboxylic acids is 1. The molecule has 0 radical (unpaired) electrons. The average molecular weight is 244 g/mol. The molecular formula is C11H20N2O4. The van der Waals surface area contributed by atoms with Gasteiger partial charge in [-0.1, -0.05) is 0 Å². The monoisotopic (exact) mass is 244 g/mol. The molecule has 1 heterocycles. The average Bonchev–Trinajstić information content (AvgIpc) is 2.77. The highest BCUT2D eigenvalue weighted by Crippen LogP contribution is 2.13. The molecular weight excluding hydrogens is 224 g/mol. The molecule has 1 rings (SSSR count). The number of hydrogen-bond donors (Lipinski definition) is 2. The first-order valence-electron chi connectivity index (χ1n) is 5.84. The van der Waals surface area contributed by atoms with Gasteiger partial charge < -0.3 is 20.5 Å². The van der Waals surface area contributed by atoms with Gasteiger partial charge in [0.2, 0.25) is 5.91 Å². The van der Waals surface area contributed by atoms with Crippen molar-refractivity contribution < 1.29 is 19.4 Å². The molecule has 17 heavy (non-hydrogen) atoms. The number of carboxylic acid groups (broad SMARTS) is 1. The van der Waals surface area contributed by atoms with Gasteiger partial charge in [0.05, 0.1) is 12.1 Å². The van der Waals surface area contributed by atoms with Gasteiger partial charge in [-0.3, -0.25) is 9.59 Å². The van der Waals surface area contributed by atoms with Gasteiger partial charge >= 0.3 is 5.97 Å². The molecule has 6 heteroatoms. The molecule has 6 nitrogen and oxygen atoms in total. The van der Waals surface area contributed by atoms with Crippen LogP contribution in [0.1, 0.15) is 25.7 Å². The van der Waals surface area contributed by atoms with Crippen molar-refractivity contribution in [2.75, 3.05) is 20.2 Å². The van der Waals surface area contributed by atoms with Crippen LogP contribution in [-0.4, -0.2) is 54.2 Å².